The van der Waals surface area contributed by atoms with Crippen LogP contribution in [0.5, 0.6) is 0 Å². The Morgan fingerprint density at radius 2 is 1.72 bits per heavy atom. The van der Waals surface area contributed by atoms with Gasteiger partial charge >= 0.3 is 0 Å². The van der Waals surface area contributed by atoms with Crippen molar-refractivity contribution in [2.45, 2.75) is 18.2 Å². The van der Waals surface area contributed by atoms with Crippen molar-refractivity contribution in [3.63, 3.8) is 0 Å². The summed E-state index contributed by atoms with van der Waals surface area (Å²) < 4.78 is 28.9. The fourth-order valence-corrected chi connectivity index (χ4v) is 2.88. The number of fused-ring (bicyclic) bond motifs is 1. The molecule has 0 saturated heterocycles. The molecule has 3 nitrogen and oxygen atoms in total. The van der Waals surface area contributed by atoms with Crippen molar-refractivity contribution in [1.82, 2.24) is 0 Å². The van der Waals surface area contributed by atoms with Crippen molar-refractivity contribution in [1.29, 1.82) is 0 Å². The summed E-state index contributed by atoms with van der Waals surface area (Å²) in [6.45, 7) is 2.09. The van der Waals surface area contributed by atoms with Crippen molar-refractivity contribution >= 4 is 50.4 Å². The minimum absolute atomic E-state index is 0. The molecule has 0 amide bonds. The fraction of sp³-hybridized carbons (Fsp3) is 0.231. The Kier molecular flexibility index (Phi) is 5.82. The Balaban J connectivity index is 0.00000162. The number of hydrogen-bond donors (Lipinski definition) is 0. The van der Waals surface area contributed by atoms with E-state index in [9.17, 15) is 8.42 Å². The Morgan fingerprint density at radius 3 is 2.44 bits per heavy atom. The maximum Gasteiger partial charge on any atom is 0.297 e. The third-order valence-electron chi connectivity index (χ3n) is 2.46. The molecule has 0 aliphatic rings. The molecule has 0 aliphatic carbocycles. The monoisotopic (exact) mass is 273 g/mol. The van der Waals surface area contributed by atoms with Crippen molar-refractivity contribution in [3.05, 3.63) is 42.5 Å². The summed E-state index contributed by atoms with van der Waals surface area (Å²) >= 11 is 0. The molecule has 0 aliphatic heterocycles. The summed E-state index contributed by atoms with van der Waals surface area (Å²) in [6.07, 6.45) is 0.671. The topological polar surface area (TPSA) is 43.4 Å². The summed E-state index contributed by atoms with van der Waals surface area (Å²) in [5.74, 6) is 0. The van der Waals surface area contributed by atoms with E-state index in [4.69, 9.17) is 4.18 Å². The minimum Gasteiger partial charge on any atom is -0.266 e. The first-order chi connectivity index (χ1) is 8.15. The van der Waals surface area contributed by atoms with Crippen molar-refractivity contribution in [2.24, 2.45) is 0 Å². The zero-order valence-electron chi connectivity index (χ0n) is 10.6. The first-order valence-corrected chi connectivity index (χ1v) is 6.93. The second kappa shape index (κ2) is 6.68. The number of rotatable bonds is 4. The van der Waals surface area contributed by atoms with E-state index < -0.39 is 10.1 Å². The molecular weight excluding hydrogens is 259 g/mol. The third kappa shape index (κ3) is 3.33. The molecule has 5 heteroatoms. The molecule has 0 fully saturated rings. The van der Waals surface area contributed by atoms with Crippen molar-refractivity contribution in [2.75, 3.05) is 6.61 Å². The molecule has 18 heavy (non-hydrogen) atoms. The van der Waals surface area contributed by atoms with Crippen LogP contribution in [-0.4, -0.2) is 44.6 Å². The summed E-state index contributed by atoms with van der Waals surface area (Å²) in [6, 6.07) is 12.6. The summed E-state index contributed by atoms with van der Waals surface area (Å²) in [4.78, 5) is 0.240. The van der Waals surface area contributed by atoms with Gasteiger partial charge in [0.05, 0.1) is 6.61 Å². The van der Waals surface area contributed by atoms with Gasteiger partial charge in [0.2, 0.25) is 0 Å². The number of benzene rings is 2. The molecular formula is C13H14NaO3S. The minimum atomic E-state index is -3.65. The second-order valence-corrected chi connectivity index (χ2v) is 5.34. The zero-order valence-corrected chi connectivity index (χ0v) is 13.4. The first-order valence-electron chi connectivity index (χ1n) is 5.52. The Labute approximate surface area is 130 Å². The molecule has 2 aromatic carbocycles. The molecule has 2 aromatic rings. The molecule has 1 radical (unpaired) electrons. The van der Waals surface area contributed by atoms with Gasteiger partial charge in [-0.1, -0.05) is 43.3 Å². The van der Waals surface area contributed by atoms with E-state index >= 15 is 0 Å². The van der Waals surface area contributed by atoms with Crippen LogP contribution in [0, 0.1) is 0 Å². The van der Waals surface area contributed by atoms with E-state index in [2.05, 4.69) is 0 Å². The van der Waals surface area contributed by atoms with E-state index in [0.717, 1.165) is 5.39 Å². The summed E-state index contributed by atoms with van der Waals surface area (Å²) in [5, 5.41) is 1.60. The normalized spacial score (nSPS) is 11.2. The van der Waals surface area contributed by atoms with Crippen LogP contribution in [0.4, 0.5) is 0 Å². The third-order valence-corrected chi connectivity index (χ3v) is 3.83. The summed E-state index contributed by atoms with van der Waals surface area (Å²) in [5.41, 5.74) is 0. The Morgan fingerprint density at radius 1 is 1.06 bits per heavy atom. The van der Waals surface area contributed by atoms with Crippen LogP contribution in [0.25, 0.3) is 10.8 Å². The van der Waals surface area contributed by atoms with Gasteiger partial charge in [-0.2, -0.15) is 8.42 Å². The molecule has 91 valence electrons. The first kappa shape index (κ1) is 15.7. The van der Waals surface area contributed by atoms with Crippen LogP contribution in [0.15, 0.2) is 47.4 Å². The average molecular weight is 273 g/mol. The SMILES string of the molecule is CCCOS(=O)(=O)c1cccc2ccccc12.[Na]. The molecule has 0 saturated carbocycles. The average Bonchev–Trinajstić information content (AvgIpc) is 2.36. The molecule has 0 aromatic heterocycles. The van der Waals surface area contributed by atoms with Crippen LogP contribution in [0.3, 0.4) is 0 Å². The maximum atomic E-state index is 12.0. The second-order valence-electron chi connectivity index (χ2n) is 3.75. The van der Waals surface area contributed by atoms with Crippen molar-refractivity contribution in [3.8, 4) is 0 Å². The standard InChI is InChI=1S/C13H14O3S.Na/c1-2-10-16-17(14,15)13-9-5-7-11-6-3-4-8-12(11)13;/h3-9H,2,10H2,1H3;. The maximum absolute atomic E-state index is 12.0. The van der Waals surface area contributed by atoms with Gasteiger partial charge in [-0.3, -0.25) is 4.18 Å². The molecule has 0 atom stereocenters. The van der Waals surface area contributed by atoms with E-state index in [1.807, 2.05) is 31.2 Å². The zero-order chi connectivity index (χ0) is 12.3. The van der Waals surface area contributed by atoms with Crippen LogP contribution in [0.1, 0.15) is 13.3 Å². The van der Waals surface area contributed by atoms with Gasteiger partial charge in [0, 0.05) is 34.9 Å². The van der Waals surface area contributed by atoms with Gasteiger partial charge in [0.25, 0.3) is 10.1 Å². The predicted molar refractivity (Wildman–Crippen MR) is 73.1 cm³/mol. The summed E-state index contributed by atoms with van der Waals surface area (Å²) in [7, 11) is -3.65. The molecule has 0 spiro atoms. The van der Waals surface area contributed by atoms with Crippen molar-refractivity contribution < 1.29 is 12.6 Å². The number of hydrogen-bond acceptors (Lipinski definition) is 3. The van der Waals surface area contributed by atoms with Crippen LogP contribution < -0.4 is 0 Å². The molecule has 0 heterocycles. The van der Waals surface area contributed by atoms with Gasteiger partial charge < -0.3 is 0 Å². The van der Waals surface area contributed by atoms with Gasteiger partial charge in [-0.25, -0.2) is 0 Å². The molecule has 0 unspecified atom stereocenters. The van der Waals surface area contributed by atoms with Gasteiger partial charge in [0.1, 0.15) is 4.90 Å². The van der Waals surface area contributed by atoms with Gasteiger partial charge in [-0.15, -0.1) is 0 Å². The Bertz CT molecular complexity index is 618. The van der Waals surface area contributed by atoms with Crippen LogP contribution in [0.2, 0.25) is 0 Å². The molecule has 0 N–H and O–H groups in total. The predicted octanol–water partition coefficient (Wildman–Crippen LogP) is 2.57. The van der Waals surface area contributed by atoms with E-state index in [-0.39, 0.29) is 41.1 Å². The Hall–Kier alpha value is -0.390. The van der Waals surface area contributed by atoms with Gasteiger partial charge in [0.15, 0.2) is 0 Å². The van der Waals surface area contributed by atoms with E-state index in [0.29, 0.717) is 11.8 Å². The molecule has 2 rings (SSSR count). The largest absolute Gasteiger partial charge is 0.297 e. The van der Waals surface area contributed by atoms with Gasteiger partial charge in [-0.05, 0) is 17.9 Å². The van der Waals surface area contributed by atoms with E-state index in [1.165, 1.54) is 0 Å². The van der Waals surface area contributed by atoms with Crippen LogP contribution in [-0.2, 0) is 14.3 Å². The smallest absolute Gasteiger partial charge is 0.266 e. The quantitative estimate of drug-likeness (QED) is 0.635. The fourth-order valence-electron chi connectivity index (χ4n) is 1.67. The van der Waals surface area contributed by atoms with Crippen LogP contribution >= 0.6 is 0 Å². The molecule has 0 bridgehead atoms. The van der Waals surface area contributed by atoms with E-state index in [1.54, 1.807) is 18.2 Å².